The van der Waals surface area contributed by atoms with E-state index >= 15 is 0 Å². The number of nitrogens with one attached hydrogen (secondary N) is 1. The maximum Gasteiger partial charge on any atom is 0.406 e. The third-order valence-corrected chi connectivity index (χ3v) is 4.48. The van der Waals surface area contributed by atoms with Gasteiger partial charge in [-0.25, -0.2) is 4.98 Å². The fourth-order valence-electron chi connectivity index (χ4n) is 3.43. The Hall–Kier alpha value is -1.32. The lowest BCUT2D eigenvalue weighted by Gasteiger charge is -2.38. The molecule has 1 aromatic heterocycles. The lowest BCUT2D eigenvalue weighted by atomic mass is 10.1. The van der Waals surface area contributed by atoms with Crippen LogP contribution in [0, 0.1) is 0 Å². The SMILES string of the molecule is Cl.Cn1ccnc1C1CNCCN1C1CCN(CC(F)(F)F)C1=O. The Morgan fingerprint density at radius 3 is 2.71 bits per heavy atom. The molecule has 2 aliphatic rings. The summed E-state index contributed by atoms with van der Waals surface area (Å²) < 4.78 is 39.6. The van der Waals surface area contributed by atoms with Gasteiger partial charge in [0, 0.05) is 45.6 Å². The average Bonchev–Trinajstić information content (AvgIpc) is 3.05. The molecule has 0 aromatic carbocycles. The van der Waals surface area contributed by atoms with Gasteiger partial charge in [0.25, 0.3) is 0 Å². The number of piperazine rings is 1. The van der Waals surface area contributed by atoms with Crippen LogP contribution in [-0.2, 0) is 11.8 Å². The molecule has 3 heterocycles. The Labute approximate surface area is 144 Å². The van der Waals surface area contributed by atoms with Crippen LogP contribution >= 0.6 is 12.4 Å². The fraction of sp³-hybridized carbons (Fsp3) is 0.714. The average molecular weight is 368 g/mol. The summed E-state index contributed by atoms with van der Waals surface area (Å²) in [5.41, 5.74) is 0. The van der Waals surface area contributed by atoms with E-state index in [4.69, 9.17) is 0 Å². The van der Waals surface area contributed by atoms with Crippen LogP contribution < -0.4 is 5.32 Å². The Morgan fingerprint density at radius 2 is 2.08 bits per heavy atom. The highest BCUT2D eigenvalue weighted by molar-refractivity contribution is 5.85. The largest absolute Gasteiger partial charge is 0.406 e. The van der Waals surface area contributed by atoms with E-state index in [1.807, 2.05) is 22.7 Å². The Balaban J connectivity index is 0.00000208. The van der Waals surface area contributed by atoms with Crippen LogP contribution in [0.25, 0.3) is 0 Å². The number of nitrogens with zero attached hydrogens (tertiary/aromatic N) is 4. The van der Waals surface area contributed by atoms with Crippen LogP contribution in [0.4, 0.5) is 13.2 Å². The highest BCUT2D eigenvalue weighted by atomic mass is 35.5. The van der Waals surface area contributed by atoms with E-state index in [2.05, 4.69) is 10.3 Å². The van der Waals surface area contributed by atoms with Gasteiger partial charge in [-0.1, -0.05) is 0 Å². The van der Waals surface area contributed by atoms with Gasteiger partial charge in [0.2, 0.25) is 5.91 Å². The number of likely N-dealkylation sites (tertiary alicyclic amines) is 1. The van der Waals surface area contributed by atoms with E-state index in [1.54, 1.807) is 6.20 Å². The third-order valence-electron chi connectivity index (χ3n) is 4.48. The molecule has 0 aliphatic carbocycles. The number of rotatable bonds is 3. The van der Waals surface area contributed by atoms with Gasteiger partial charge in [-0.3, -0.25) is 9.69 Å². The first-order valence-electron chi connectivity index (χ1n) is 7.66. The van der Waals surface area contributed by atoms with Crippen molar-refractivity contribution in [1.29, 1.82) is 0 Å². The maximum absolute atomic E-state index is 12.6. The van der Waals surface area contributed by atoms with Crippen molar-refractivity contribution in [2.75, 3.05) is 32.7 Å². The van der Waals surface area contributed by atoms with E-state index in [9.17, 15) is 18.0 Å². The number of halogens is 4. The molecule has 2 unspecified atom stereocenters. The summed E-state index contributed by atoms with van der Waals surface area (Å²) >= 11 is 0. The maximum atomic E-state index is 12.6. The summed E-state index contributed by atoms with van der Waals surface area (Å²) in [6.07, 6.45) is -0.411. The zero-order chi connectivity index (χ0) is 16.6. The highest BCUT2D eigenvalue weighted by Gasteiger charge is 2.44. The van der Waals surface area contributed by atoms with Crippen LogP contribution in [0.1, 0.15) is 18.3 Å². The van der Waals surface area contributed by atoms with E-state index in [0.717, 1.165) is 10.7 Å². The van der Waals surface area contributed by atoms with E-state index in [-0.39, 0.29) is 25.0 Å². The molecule has 6 nitrogen and oxygen atoms in total. The Kier molecular flexibility index (Phi) is 5.77. The number of carbonyl (C=O) groups is 1. The molecule has 136 valence electrons. The lowest BCUT2D eigenvalue weighted by Crippen LogP contribution is -2.53. The molecule has 3 rings (SSSR count). The first kappa shape index (κ1) is 19.0. The quantitative estimate of drug-likeness (QED) is 0.864. The van der Waals surface area contributed by atoms with Crippen LogP contribution in [0.3, 0.4) is 0 Å². The number of alkyl halides is 3. The van der Waals surface area contributed by atoms with Crippen molar-refractivity contribution < 1.29 is 18.0 Å². The summed E-state index contributed by atoms with van der Waals surface area (Å²) in [5.74, 6) is 0.391. The molecule has 0 radical (unpaired) electrons. The molecule has 10 heteroatoms. The summed E-state index contributed by atoms with van der Waals surface area (Å²) in [6, 6.07) is -0.607. The van der Waals surface area contributed by atoms with Crippen molar-refractivity contribution >= 4 is 18.3 Å². The standard InChI is InChI=1S/C14H20F3N5O.ClH/c1-20-6-4-19-12(20)11-8-18-3-7-22(11)10-2-5-21(13(10)23)9-14(15,16)17;/h4,6,10-11,18H,2-3,5,7-9H2,1H3;1H. The van der Waals surface area contributed by atoms with Gasteiger partial charge in [-0.2, -0.15) is 13.2 Å². The van der Waals surface area contributed by atoms with Crippen molar-refractivity contribution in [3.63, 3.8) is 0 Å². The van der Waals surface area contributed by atoms with Crippen LogP contribution in [0.5, 0.6) is 0 Å². The molecule has 0 saturated carbocycles. The fourth-order valence-corrected chi connectivity index (χ4v) is 3.43. The molecule has 0 spiro atoms. The smallest absolute Gasteiger partial charge is 0.337 e. The first-order chi connectivity index (χ1) is 10.9. The van der Waals surface area contributed by atoms with Crippen molar-refractivity contribution in [3.8, 4) is 0 Å². The van der Waals surface area contributed by atoms with Crippen molar-refractivity contribution in [1.82, 2.24) is 24.7 Å². The van der Waals surface area contributed by atoms with E-state index < -0.39 is 24.7 Å². The summed E-state index contributed by atoms with van der Waals surface area (Å²) in [6.45, 7) is 0.952. The van der Waals surface area contributed by atoms with E-state index in [0.29, 0.717) is 26.1 Å². The number of hydrogen-bond acceptors (Lipinski definition) is 4. The molecule has 1 aromatic rings. The molecule has 0 bridgehead atoms. The number of imidazole rings is 1. The van der Waals surface area contributed by atoms with Crippen molar-refractivity contribution in [2.45, 2.75) is 24.7 Å². The van der Waals surface area contributed by atoms with Gasteiger partial charge in [-0.15, -0.1) is 12.4 Å². The molecular weight excluding hydrogens is 347 g/mol. The van der Waals surface area contributed by atoms with Crippen LogP contribution in [0.15, 0.2) is 12.4 Å². The molecule has 1 N–H and O–H groups in total. The normalized spacial score (nSPS) is 25.8. The predicted octanol–water partition coefficient (Wildman–Crippen LogP) is 0.951. The van der Waals surface area contributed by atoms with Gasteiger partial charge in [-0.05, 0) is 6.42 Å². The first-order valence-corrected chi connectivity index (χ1v) is 7.66. The zero-order valence-corrected chi connectivity index (χ0v) is 14.1. The number of aromatic nitrogens is 2. The number of carbonyl (C=O) groups excluding carboxylic acids is 1. The number of amides is 1. The van der Waals surface area contributed by atoms with Crippen molar-refractivity contribution in [3.05, 3.63) is 18.2 Å². The minimum atomic E-state index is -4.35. The number of hydrogen-bond donors (Lipinski definition) is 1. The zero-order valence-electron chi connectivity index (χ0n) is 13.3. The van der Waals surface area contributed by atoms with Gasteiger partial charge in [0.15, 0.2) is 0 Å². The number of aryl methyl sites for hydroxylation is 1. The van der Waals surface area contributed by atoms with Crippen molar-refractivity contribution in [2.24, 2.45) is 7.05 Å². The summed E-state index contributed by atoms with van der Waals surface area (Å²) in [4.78, 5) is 19.7. The molecule has 2 atom stereocenters. The Bertz CT molecular complexity index is 579. The second-order valence-electron chi connectivity index (χ2n) is 6.03. The highest BCUT2D eigenvalue weighted by Crippen LogP contribution is 2.29. The summed E-state index contributed by atoms with van der Waals surface area (Å²) in [5, 5.41) is 3.27. The minimum Gasteiger partial charge on any atom is -0.337 e. The lowest BCUT2D eigenvalue weighted by molar-refractivity contribution is -0.159. The van der Waals surface area contributed by atoms with Gasteiger partial charge in [0.05, 0.1) is 12.1 Å². The van der Waals surface area contributed by atoms with Gasteiger partial charge < -0.3 is 14.8 Å². The molecule has 2 aliphatic heterocycles. The third kappa shape index (κ3) is 3.84. The molecule has 24 heavy (non-hydrogen) atoms. The van der Waals surface area contributed by atoms with Crippen LogP contribution in [-0.4, -0.2) is 70.2 Å². The van der Waals surface area contributed by atoms with Gasteiger partial charge >= 0.3 is 6.18 Å². The Morgan fingerprint density at radius 1 is 1.33 bits per heavy atom. The monoisotopic (exact) mass is 367 g/mol. The molecule has 2 fully saturated rings. The predicted molar refractivity (Wildman–Crippen MR) is 83.8 cm³/mol. The van der Waals surface area contributed by atoms with Crippen LogP contribution in [0.2, 0.25) is 0 Å². The topological polar surface area (TPSA) is 53.4 Å². The minimum absolute atomic E-state index is 0. The molecular formula is C14H21ClF3N5O. The second kappa shape index (κ2) is 7.28. The second-order valence-corrected chi connectivity index (χ2v) is 6.03. The molecule has 2 saturated heterocycles. The van der Waals surface area contributed by atoms with Gasteiger partial charge in [0.1, 0.15) is 12.4 Å². The molecule has 1 amide bonds. The van der Waals surface area contributed by atoms with E-state index in [1.165, 1.54) is 0 Å². The summed E-state index contributed by atoms with van der Waals surface area (Å²) in [7, 11) is 1.88.